The van der Waals surface area contributed by atoms with Crippen molar-refractivity contribution in [2.75, 3.05) is 37.7 Å². The second-order valence-corrected chi connectivity index (χ2v) is 8.98. The number of fused-ring (bicyclic) bond motifs is 1. The molecule has 2 aromatic carbocycles. The van der Waals surface area contributed by atoms with Crippen molar-refractivity contribution in [1.82, 2.24) is 15.1 Å². The first kappa shape index (κ1) is 22.4. The van der Waals surface area contributed by atoms with Crippen molar-refractivity contribution in [1.29, 1.82) is 0 Å². The number of anilines is 1. The van der Waals surface area contributed by atoms with Gasteiger partial charge in [-0.2, -0.15) is 0 Å². The Bertz CT molecular complexity index is 1120. The Morgan fingerprint density at radius 2 is 1.74 bits per heavy atom. The van der Waals surface area contributed by atoms with Crippen LogP contribution in [0.25, 0.3) is 10.8 Å². The fourth-order valence-corrected chi connectivity index (χ4v) is 4.94. The van der Waals surface area contributed by atoms with E-state index in [1.165, 1.54) is 19.3 Å². The zero-order chi connectivity index (χ0) is 23.3. The first-order chi connectivity index (χ1) is 16.7. The van der Waals surface area contributed by atoms with Crippen LogP contribution >= 0.6 is 0 Å². The summed E-state index contributed by atoms with van der Waals surface area (Å²) in [5.74, 6) is 2.09. The summed E-state index contributed by atoms with van der Waals surface area (Å²) in [6, 6.07) is 15.8. The van der Waals surface area contributed by atoms with Crippen LogP contribution in [0.2, 0.25) is 0 Å². The van der Waals surface area contributed by atoms with Gasteiger partial charge in [0.25, 0.3) is 5.91 Å². The monoisotopic (exact) mass is 460 g/mol. The van der Waals surface area contributed by atoms with Gasteiger partial charge in [0.1, 0.15) is 11.9 Å². The van der Waals surface area contributed by atoms with Crippen molar-refractivity contribution in [2.45, 2.75) is 45.1 Å². The van der Waals surface area contributed by atoms with E-state index in [0.717, 1.165) is 29.4 Å². The maximum atomic E-state index is 13.6. The molecule has 1 amide bonds. The topological polar surface area (TPSA) is 67.8 Å². The molecule has 0 N–H and O–H groups in total. The number of aromatic nitrogens is 2. The number of amides is 1. The van der Waals surface area contributed by atoms with Gasteiger partial charge in [0.15, 0.2) is 5.82 Å². The summed E-state index contributed by atoms with van der Waals surface area (Å²) in [4.78, 5) is 17.7. The molecule has 178 valence electrons. The number of carbonyl (C=O) groups is 1. The fourth-order valence-electron chi connectivity index (χ4n) is 4.94. The lowest BCUT2D eigenvalue weighted by molar-refractivity contribution is 0.0744. The molecule has 5 rings (SSSR count). The van der Waals surface area contributed by atoms with E-state index in [1.807, 2.05) is 60.4 Å². The standard InChI is InChI=1S/C27H32N4O3/c1-2-33-23-13-12-20-8-6-7-11-22(20)26(23)27(32)31-18-16-30(17-19-31)24-14-15-25(29-28-24)34-21-9-4-3-5-10-21/h6-8,11-15,21H,2-5,9-10,16-19H2,1H3. The van der Waals surface area contributed by atoms with E-state index in [2.05, 4.69) is 15.1 Å². The molecule has 2 heterocycles. The molecule has 0 unspecified atom stereocenters. The minimum Gasteiger partial charge on any atom is -0.493 e. The molecule has 0 radical (unpaired) electrons. The van der Waals surface area contributed by atoms with Crippen LogP contribution < -0.4 is 14.4 Å². The molecule has 2 fully saturated rings. The molecule has 1 aromatic heterocycles. The molecule has 2 aliphatic rings. The van der Waals surface area contributed by atoms with Crippen LogP contribution in [0.15, 0.2) is 48.5 Å². The average Bonchev–Trinajstić information content (AvgIpc) is 2.89. The number of carbonyl (C=O) groups excluding carboxylic acids is 1. The summed E-state index contributed by atoms with van der Waals surface area (Å²) in [6.45, 7) is 5.11. The number of piperazine rings is 1. The highest BCUT2D eigenvalue weighted by Crippen LogP contribution is 2.30. The van der Waals surface area contributed by atoms with Gasteiger partial charge in [0, 0.05) is 32.2 Å². The summed E-state index contributed by atoms with van der Waals surface area (Å²) in [6.07, 6.45) is 6.21. The summed E-state index contributed by atoms with van der Waals surface area (Å²) in [5.41, 5.74) is 0.650. The number of ether oxygens (including phenoxy) is 2. The van der Waals surface area contributed by atoms with Gasteiger partial charge in [-0.3, -0.25) is 4.79 Å². The van der Waals surface area contributed by atoms with Crippen molar-refractivity contribution in [3.05, 3.63) is 54.1 Å². The Balaban J connectivity index is 1.25. The van der Waals surface area contributed by atoms with Crippen molar-refractivity contribution in [3.8, 4) is 11.6 Å². The molecule has 1 saturated heterocycles. The van der Waals surface area contributed by atoms with Gasteiger partial charge in [0.05, 0.1) is 12.2 Å². The van der Waals surface area contributed by atoms with E-state index < -0.39 is 0 Å². The third kappa shape index (κ3) is 4.79. The van der Waals surface area contributed by atoms with Crippen LogP contribution in [0.4, 0.5) is 5.82 Å². The van der Waals surface area contributed by atoms with E-state index in [9.17, 15) is 4.79 Å². The number of benzene rings is 2. The SMILES string of the molecule is CCOc1ccc2ccccc2c1C(=O)N1CCN(c2ccc(OC3CCCCC3)nn2)CC1. The molecule has 7 heteroatoms. The maximum Gasteiger partial charge on any atom is 0.258 e. The zero-order valence-corrected chi connectivity index (χ0v) is 19.8. The lowest BCUT2D eigenvalue weighted by Crippen LogP contribution is -2.49. The van der Waals surface area contributed by atoms with Crippen LogP contribution in [-0.2, 0) is 0 Å². The highest BCUT2D eigenvalue weighted by molar-refractivity contribution is 6.09. The molecule has 1 aliphatic carbocycles. The van der Waals surface area contributed by atoms with E-state index in [4.69, 9.17) is 9.47 Å². The van der Waals surface area contributed by atoms with Crippen LogP contribution in [0.5, 0.6) is 11.6 Å². The van der Waals surface area contributed by atoms with Gasteiger partial charge in [-0.1, -0.05) is 36.8 Å². The van der Waals surface area contributed by atoms with Crippen molar-refractivity contribution >= 4 is 22.5 Å². The minimum atomic E-state index is 0.0159. The first-order valence-corrected chi connectivity index (χ1v) is 12.4. The van der Waals surface area contributed by atoms with Crippen molar-refractivity contribution in [3.63, 3.8) is 0 Å². The molecular weight excluding hydrogens is 428 g/mol. The second kappa shape index (κ2) is 10.3. The Labute approximate surface area is 200 Å². The van der Waals surface area contributed by atoms with Crippen molar-refractivity contribution in [2.24, 2.45) is 0 Å². The molecule has 3 aromatic rings. The molecule has 34 heavy (non-hydrogen) atoms. The van der Waals surface area contributed by atoms with Crippen LogP contribution in [0, 0.1) is 0 Å². The van der Waals surface area contributed by atoms with Crippen LogP contribution in [0.3, 0.4) is 0 Å². The first-order valence-electron chi connectivity index (χ1n) is 12.4. The zero-order valence-electron chi connectivity index (χ0n) is 19.8. The lowest BCUT2D eigenvalue weighted by Gasteiger charge is -2.35. The van der Waals surface area contributed by atoms with E-state index in [0.29, 0.717) is 50.0 Å². The van der Waals surface area contributed by atoms with Gasteiger partial charge in [-0.15, -0.1) is 10.2 Å². The quantitative estimate of drug-likeness (QED) is 0.531. The fraction of sp³-hybridized carbons (Fsp3) is 0.444. The predicted octanol–water partition coefficient (Wildman–Crippen LogP) is 4.70. The Morgan fingerprint density at radius 1 is 0.941 bits per heavy atom. The van der Waals surface area contributed by atoms with Gasteiger partial charge in [0.2, 0.25) is 5.88 Å². The van der Waals surface area contributed by atoms with Gasteiger partial charge >= 0.3 is 0 Å². The summed E-state index contributed by atoms with van der Waals surface area (Å²) < 4.78 is 11.8. The van der Waals surface area contributed by atoms with Crippen LogP contribution in [0.1, 0.15) is 49.4 Å². The third-order valence-electron chi connectivity index (χ3n) is 6.76. The van der Waals surface area contributed by atoms with Crippen molar-refractivity contribution < 1.29 is 14.3 Å². The molecule has 0 spiro atoms. The lowest BCUT2D eigenvalue weighted by atomic mass is 9.98. The Kier molecular flexibility index (Phi) is 6.79. The minimum absolute atomic E-state index is 0.0159. The summed E-state index contributed by atoms with van der Waals surface area (Å²) in [7, 11) is 0. The molecule has 0 atom stereocenters. The van der Waals surface area contributed by atoms with Gasteiger partial charge < -0.3 is 19.3 Å². The number of rotatable bonds is 6. The number of hydrogen-bond donors (Lipinski definition) is 0. The van der Waals surface area contributed by atoms with Gasteiger partial charge in [-0.05, 0) is 55.5 Å². The summed E-state index contributed by atoms with van der Waals surface area (Å²) in [5, 5.41) is 10.7. The molecular formula is C27H32N4O3. The number of nitrogens with zero attached hydrogens (tertiary/aromatic N) is 4. The van der Waals surface area contributed by atoms with E-state index >= 15 is 0 Å². The van der Waals surface area contributed by atoms with Gasteiger partial charge in [-0.25, -0.2) is 0 Å². The molecule has 1 saturated carbocycles. The smallest absolute Gasteiger partial charge is 0.258 e. The molecule has 0 bridgehead atoms. The summed E-state index contributed by atoms with van der Waals surface area (Å²) >= 11 is 0. The van der Waals surface area contributed by atoms with E-state index in [1.54, 1.807) is 0 Å². The molecule has 7 nitrogen and oxygen atoms in total. The Morgan fingerprint density at radius 3 is 2.47 bits per heavy atom. The largest absolute Gasteiger partial charge is 0.493 e. The predicted molar refractivity (Wildman–Crippen MR) is 133 cm³/mol. The Hall–Kier alpha value is -3.35. The highest BCUT2D eigenvalue weighted by Gasteiger charge is 2.27. The second-order valence-electron chi connectivity index (χ2n) is 8.98. The van der Waals surface area contributed by atoms with E-state index in [-0.39, 0.29) is 12.0 Å². The average molecular weight is 461 g/mol. The maximum absolute atomic E-state index is 13.6. The third-order valence-corrected chi connectivity index (χ3v) is 6.76. The highest BCUT2D eigenvalue weighted by atomic mass is 16.5. The normalized spacial score (nSPS) is 17.1. The molecule has 1 aliphatic heterocycles. The van der Waals surface area contributed by atoms with Crippen LogP contribution in [-0.4, -0.2) is 59.9 Å². The number of hydrogen-bond acceptors (Lipinski definition) is 6.